The number of anilines is 2. The zero-order valence-corrected chi connectivity index (χ0v) is 31.7. The summed E-state index contributed by atoms with van der Waals surface area (Å²) in [4.78, 5) is 72.1. The molecule has 5 aromatic carbocycles. The molecule has 0 heterocycles. The number of nitro groups is 2. The highest BCUT2D eigenvalue weighted by Crippen LogP contribution is 2.25. The third-order valence-corrected chi connectivity index (χ3v) is 8.35. The monoisotopic (exact) mass is 958 g/mol. The van der Waals surface area contributed by atoms with Gasteiger partial charge >= 0.3 is 24.1 Å². The summed E-state index contributed by atoms with van der Waals surface area (Å²) in [5.41, 5.74) is 0.779. The van der Waals surface area contributed by atoms with E-state index in [0.717, 1.165) is 0 Å². The molecule has 0 fully saturated rings. The van der Waals surface area contributed by atoms with Crippen molar-refractivity contribution >= 4 is 92.1 Å². The number of benzene rings is 5. The number of carbonyl (C=O) groups is 4. The van der Waals surface area contributed by atoms with Crippen LogP contribution in [0.1, 0.15) is 31.8 Å². The Hall–Kier alpha value is -6.16. The van der Waals surface area contributed by atoms with Gasteiger partial charge in [0.25, 0.3) is 11.4 Å². The summed E-state index contributed by atoms with van der Waals surface area (Å²) >= 11 is 3.86. The second-order valence-electron chi connectivity index (χ2n) is 10.9. The van der Waals surface area contributed by atoms with Crippen LogP contribution in [0.15, 0.2) is 109 Å². The Morgan fingerprint density at radius 2 is 0.926 bits per heavy atom. The van der Waals surface area contributed by atoms with Crippen molar-refractivity contribution in [3.8, 4) is 11.5 Å². The first-order chi connectivity index (χ1) is 25.8. The molecular weight excluding hydrogens is 934 g/mol. The van der Waals surface area contributed by atoms with Gasteiger partial charge in [0.05, 0.1) is 32.1 Å². The number of nitrogens with zero attached hydrogens (tertiary/aromatic N) is 2. The summed E-state index contributed by atoms with van der Waals surface area (Å²) < 4.78 is 22.3. The predicted molar refractivity (Wildman–Crippen MR) is 208 cm³/mol. The standard InChI is InChI=1S/C36H24I2N4O12/c37-25-13-23(33(43)51-19-21-5-1-3-7-31(21)41(47)48)15-29(17-25)53-35(45)39-27-9-11-28(12-10-27)40-36(46)54-30-16-24(14-26(38)18-30)34(44)52-20-22-6-2-4-8-32(22)42(49)50/h1-18H,19-20H2,(H,39,45)(H,40,46). The molecule has 0 atom stereocenters. The minimum absolute atomic E-state index is 0.0326. The molecule has 54 heavy (non-hydrogen) atoms. The molecule has 5 aromatic rings. The van der Waals surface area contributed by atoms with E-state index in [1.54, 1.807) is 12.1 Å². The molecule has 2 N–H and O–H groups in total. The number of hydrogen-bond donors (Lipinski definition) is 2. The molecule has 2 amide bonds. The molecule has 18 heteroatoms. The second kappa shape index (κ2) is 18.1. The van der Waals surface area contributed by atoms with Crippen LogP contribution in [-0.2, 0) is 22.7 Å². The number of hydrogen-bond acceptors (Lipinski definition) is 12. The van der Waals surface area contributed by atoms with Crippen molar-refractivity contribution in [1.29, 1.82) is 0 Å². The number of para-hydroxylation sites is 2. The van der Waals surface area contributed by atoms with Gasteiger partial charge in [-0.25, -0.2) is 19.2 Å². The first kappa shape index (κ1) is 39.1. The van der Waals surface area contributed by atoms with Gasteiger partial charge in [-0.1, -0.05) is 24.3 Å². The van der Waals surface area contributed by atoms with Crippen LogP contribution in [0, 0.1) is 27.4 Å². The van der Waals surface area contributed by atoms with Gasteiger partial charge in [-0.05, 0) is 118 Å². The Bertz CT molecular complexity index is 2110. The lowest BCUT2D eigenvalue weighted by Gasteiger charge is -2.11. The van der Waals surface area contributed by atoms with Crippen molar-refractivity contribution in [2.24, 2.45) is 0 Å². The van der Waals surface area contributed by atoms with E-state index < -0.39 is 34.0 Å². The number of carbonyl (C=O) groups excluding carboxylic acids is 4. The fraction of sp³-hybridized carbons (Fsp3) is 0.0556. The molecule has 5 rings (SSSR count). The number of ether oxygens (including phenoxy) is 4. The number of amides is 2. The van der Waals surface area contributed by atoms with Crippen LogP contribution in [0.2, 0.25) is 0 Å². The summed E-state index contributed by atoms with van der Waals surface area (Å²) in [6, 6.07) is 26.3. The zero-order chi connectivity index (χ0) is 38.8. The normalized spacial score (nSPS) is 10.4. The minimum Gasteiger partial charge on any atom is -0.457 e. The molecule has 0 saturated heterocycles. The van der Waals surface area contributed by atoms with Crippen LogP contribution in [-0.4, -0.2) is 34.0 Å². The van der Waals surface area contributed by atoms with E-state index >= 15 is 0 Å². The van der Waals surface area contributed by atoms with Gasteiger partial charge in [0.15, 0.2) is 0 Å². The second-order valence-corrected chi connectivity index (χ2v) is 13.4. The van der Waals surface area contributed by atoms with Crippen LogP contribution in [0.4, 0.5) is 32.3 Å². The molecular formula is C36H24I2N4O12. The van der Waals surface area contributed by atoms with Gasteiger partial charge in [-0.15, -0.1) is 0 Å². The lowest BCUT2D eigenvalue weighted by atomic mass is 10.2. The molecule has 0 bridgehead atoms. The summed E-state index contributed by atoms with van der Waals surface area (Å²) in [5.74, 6) is -1.50. The van der Waals surface area contributed by atoms with E-state index in [-0.39, 0.29) is 58.3 Å². The Kier molecular flexibility index (Phi) is 13.1. The first-order valence-corrected chi connectivity index (χ1v) is 17.5. The highest BCUT2D eigenvalue weighted by molar-refractivity contribution is 14.1. The van der Waals surface area contributed by atoms with Crippen molar-refractivity contribution in [3.05, 3.63) is 159 Å². The smallest absolute Gasteiger partial charge is 0.417 e. The van der Waals surface area contributed by atoms with Crippen LogP contribution in [0.5, 0.6) is 11.5 Å². The maximum absolute atomic E-state index is 12.7. The lowest BCUT2D eigenvalue weighted by molar-refractivity contribution is -0.386. The van der Waals surface area contributed by atoms with E-state index in [9.17, 15) is 39.4 Å². The maximum atomic E-state index is 12.7. The van der Waals surface area contributed by atoms with Crippen LogP contribution in [0.3, 0.4) is 0 Å². The van der Waals surface area contributed by atoms with Crippen molar-refractivity contribution in [3.63, 3.8) is 0 Å². The molecule has 0 aromatic heterocycles. The molecule has 0 aliphatic heterocycles. The molecule has 0 saturated carbocycles. The minimum atomic E-state index is -0.883. The van der Waals surface area contributed by atoms with Crippen LogP contribution < -0.4 is 20.1 Å². The van der Waals surface area contributed by atoms with Gasteiger partial charge in [-0.3, -0.25) is 30.9 Å². The predicted octanol–water partition coefficient (Wildman–Crippen LogP) is 8.65. The van der Waals surface area contributed by atoms with Gasteiger partial charge in [-0.2, -0.15) is 0 Å². The van der Waals surface area contributed by atoms with Crippen LogP contribution >= 0.6 is 45.2 Å². The Balaban J connectivity index is 1.13. The third-order valence-electron chi connectivity index (χ3n) is 7.11. The largest absolute Gasteiger partial charge is 0.457 e. The lowest BCUT2D eigenvalue weighted by Crippen LogP contribution is -2.18. The number of nitrogens with one attached hydrogen (secondary N) is 2. The molecule has 0 unspecified atom stereocenters. The summed E-state index contributed by atoms with van der Waals surface area (Å²) in [5, 5.41) is 27.5. The Morgan fingerprint density at radius 3 is 1.30 bits per heavy atom. The molecule has 16 nitrogen and oxygen atoms in total. The fourth-order valence-corrected chi connectivity index (χ4v) is 5.98. The number of esters is 2. The highest BCUT2D eigenvalue weighted by atomic mass is 127. The van der Waals surface area contributed by atoms with E-state index in [4.69, 9.17) is 18.9 Å². The fourth-order valence-electron chi connectivity index (χ4n) is 4.69. The van der Waals surface area contributed by atoms with Gasteiger partial charge in [0, 0.05) is 30.6 Å². The van der Waals surface area contributed by atoms with Crippen molar-refractivity contribution < 1.29 is 48.0 Å². The van der Waals surface area contributed by atoms with Crippen LogP contribution in [0.25, 0.3) is 0 Å². The van der Waals surface area contributed by atoms with Gasteiger partial charge in [0.1, 0.15) is 24.7 Å². The van der Waals surface area contributed by atoms with E-state index in [1.165, 1.54) is 97.1 Å². The molecule has 274 valence electrons. The van der Waals surface area contributed by atoms with Crippen molar-refractivity contribution in [2.75, 3.05) is 10.6 Å². The van der Waals surface area contributed by atoms with E-state index in [0.29, 0.717) is 18.5 Å². The van der Waals surface area contributed by atoms with Crippen molar-refractivity contribution in [2.45, 2.75) is 13.2 Å². The zero-order valence-electron chi connectivity index (χ0n) is 27.4. The van der Waals surface area contributed by atoms with E-state index in [1.807, 2.05) is 45.2 Å². The highest BCUT2D eigenvalue weighted by Gasteiger charge is 2.19. The number of rotatable bonds is 12. The molecule has 0 radical (unpaired) electrons. The summed E-state index contributed by atoms with van der Waals surface area (Å²) in [6.45, 7) is -0.673. The van der Waals surface area contributed by atoms with E-state index in [2.05, 4.69) is 10.6 Å². The first-order valence-electron chi connectivity index (χ1n) is 15.3. The Morgan fingerprint density at radius 1 is 0.556 bits per heavy atom. The number of halogens is 2. The molecule has 0 aliphatic rings. The molecule has 0 aliphatic carbocycles. The van der Waals surface area contributed by atoms with Gasteiger partial charge in [0.2, 0.25) is 0 Å². The summed E-state index contributed by atoms with van der Waals surface area (Å²) in [6.07, 6.45) is -1.77. The topological polar surface area (TPSA) is 216 Å². The number of nitro benzene ring substituents is 2. The SMILES string of the molecule is O=C(Nc1ccc(NC(=O)Oc2cc(I)cc(C(=O)OCc3ccccc3[N+](=O)[O-])c2)cc1)Oc1cc(I)cc(C(=O)OCc2ccccc2[N+](=O)[O-])c1. The summed E-state index contributed by atoms with van der Waals surface area (Å²) in [7, 11) is 0. The average Bonchev–Trinajstić information content (AvgIpc) is 3.13. The Labute approximate surface area is 332 Å². The van der Waals surface area contributed by atoms with Gasteiger partial charge < -0.3 is 18.9 Å². The van der Waals surface area contributed by atoms with Crippen molar-refractivity contribution in [1.82, 2.24) is 0 Å². The third kappa shape index (κ3) is 10.9. The average molecular weight is 958 g/mol. The molecule has 0 spiro atoms. The maximum Gasteiger partial charge on any atom is 0.417 e. The quantitative estimate of drug-likeness (QED) is 0.0520.